The molecule has 1 aliphatic rings. The SMILES string of the molecule is CCOc1ccc2nc(N3CCC[C@@H](C(=O)Nc4cccc(C)c4C)C3)sc2c1. The third kappa shape index (κ3) is 4.22. The predicted octanol–water partition coefficient (Wildman–Crippen LogP) is 5.17. The average Bonchev–Trinajstić information content (AvgIpc) is 3.15. The Bertz CT molecular complexity index is 1030. The molecule has 1 saturated heterocycles. The van der Waals surface area contributed by atoms with E-state index >= 15 is 0 Å². The molecule has 152 valence electrons. The number of anilines is 2. The summed E-state index contributed by atoms with van der Waals surface area (Å²) in [4.78, 5) is 20.0. The fraction of sp³-hybridized carbons (Fsp3) is 0.391. The van der Waals surface area contributed by atoms with E-state index in [4.69, 9.17) is 9.72 Å². The summed E-state index contributed by atoms with van der Waals surface area (Å²) in [6.07, 6.45) is 1.90. The first-order valence-corrected chi connectivity index (χ1v) is 11.0. The smallest absolute Gasteiger partial charge is 0.229 e. The lowest BCUT2D eigenvalue weighted by molar-refractivity contribution is -0.120. The first-order valence-electron chi connectivity index (χ1n) is 10.2. The van der Waals surface area contributed by atoms with Crippen molar-refractivity contribution in [3.8, 4) is 5.75 Å². The van der Waals surface area contributed by atoms with Gasteiger partial charge in [0.15, 0.2) is 5.13 Å². The van der Waals surface area contributed by atoms with E-state index in [1.54, 1.807) is 11.3 Å². The highest BCUT2D eigenvalue weighted by atomic mass is 32.1. The van der Waals surface area contributed by atoms with Gasteiger partial charge >= 0.3 is 0 Å². The summed E-state index contributed by atoms with van der Waals surface area (Å²) >= 11 is 1.67. The van der Waals surface area contributed by atoms with Gasteiger partial charge in [-0.25, -0.2) is 4.98 Å². The van der Waals surface area contributed by atoms with Crippen molar-refractivity contribution in [1.29, 1.82) is 0 Å². The van der Waals surface area contributed by atoms with Gasteiger partial charge in [0.1, 0.15) is 5.75 Å². The quantitative estimate of drug-likeness (QED) is 0.632. The van der Waals surface area contributed by atoms with Gasteiger partial charge in [-0.1, -0.05) is 23.5 Å². The van der Waals surface area contributed by atoms with E-state index < -0.39 is 0 Å². The first kappa shape index (κ1) is 19.7. The molecule has 0 bridgehead atoms. The van der Waals surface area contributed by atoms with E-state index in [0.29, 0.717) is 13.2 Å². The number of hydrogen-bond acceptors (Lipinski definition) is 5. The highest BCUT2D eigenvalue weighted by Crippen LogP contribution is 2.34. The van der Waals surface area contributed by atoms with Crippen LogP contribution in [-0.2, 0) is 4.79 Å². The molecule has 0 radical (unpaired) electrons. The molecule has 1 aliphatic heterocycles. The van der Waals surface area contributed by atoms with Crippen molar-refractivity contribution in [3.05, 3.63) is 47.5 Å². The summed E-state index contributed by atoms with van der Waals surface area (Å²) in [5.74, 6) is 0.942. The van der Waals surface area contributed by atoms with Crippen LogP contribution in [0.25, 0.3) is 10.2 Å². The topological polar surface area (TPSA) is 54.5 Å². The summed E-state index contributed by atoms with van der Waals surface area (Å²) in [5, 5.41) is 4.13. The molecular formula is C23H27N3O2S. The van der Waals surface area contributed by atoms with Crippen molar-refractivity contribution >= 4 is 38.3 Å². The molecule has 2 aromatic carbocycles. The number of rotatable bonds is 5. The number of carbonyl (C=O) groups is 1. The van der Waals surface area contributed by atoms with E-state index in [0.717, 1.165) is 51.7 Å². The molecule has 1 aromatic heterocycles. The van der Waals surface area contributed by atoms with Crippen LogP contribution in [0.4, 0.5) is 10.8 Å². The number of nitrogens with one attached hydrogen (secondary N) is 1. The lowest BCUT2D eigenvalue weighted by Crippen LogP contribution is -2.40. The number of benzene rings is 2. The number of thiazole rings is 1. The minimum absolute atomic E-state index is 0.0327. The molecule has 1 amide bonds. The van der Waals surface area contributed by atoms with Gasteiger partial charge < -0.3 is 15.0 Å². The zero-order chi connectivity index (χ0) is 20.4. The Morgan fingerprint density at radius 2 is 2.17 bits per heavy atom. The van der Waals surface area contributed by atoms with Gasteiger partial charge in [0.2, 0.25) is 5.91 Å². The van der Waals surface area contributed by atoms with Crippen LogP contribution in [0, 0.1) is 19.8 Å². The summed E-state index contributed by atoms with van der Waals surface area (Å²) in [6.45, 7) is 8.40. The summed E-state index contributed by atoms with van der Waals surface area (Å²) in [7, 11) is 0. The van der Waals surface area contributed by atoms with E-state index in [2.05, 4.69) is 36.2 Å². The molecule has 0 saturated carbocycles. The second-order valence-electron chi connectivity index (χ2n) is 7.58. The van der Waals surface area contributed by atoms with Crippen LogP contribution >= 0.6 is 11.3 Å². The highest BCUT2D eigenvalue weighted by molar-refractivity contribution is 7.22. The molecular weight excluding hydrogens is 382 g/mol. The number of carbonyl (C=O) groups excluding carboxylic acids is 1. The van der Waals surface area contributed by atoms with Crippen LogP contribution in [0.3, 0.4) is 0 Å². The Morgan fingerprint density at radius 3 is 3.00 bits per heavy atom. The molecule has 1 atom stereocenters. The number of nitrogens with zero attached hydrogens (tertiary/aromatic N) is 2. The van der Waals surface area contributed by atoms with Crippen LogP contribution in [0.1, 0.15) is 30.9 Å². The van der Waals surface area contributed by atoms with Gasteiger partial charge in [0.25, 0.3) is 0 Å². The maximum Gasteiger partial charge on any atom is 0.229 e. The Morgan fingerprint density at radius 1 is 1.31 bits per heavy atom. The maximum atomic E-state index is 12.9. The van der Waals surface area contributed by atoms with Crippen molar-refractivity contribution in [2.24, 2.45) is 5.92 Å². The monoisotopic (exact) mass is 409 g/mol. The molecule has 5 nitrogen and oxygen atoms in total. The van der Waals surface area contributed by atoms with Gasteiger partial charge in [-0.3, -0.25) is 4.79 Å². The fourth-order valence-corrected chi connectivity index (χ4v) is 4.80. The van der Waals surface area contributed by atoms with E-state index in [1.807, 2.05) is 31.2 Å². The van der Waals surface area contributed by atoms with Crippen LogP contribution in [0.2, 0.25) is 0 Å². The fourth-order valence-electron chi connectivity index (χ4n) is 3.77. The number of amides is 1. The predicted molar refractivity (Wildman–Crippen MR) is 120 cm³/mol. The van der Waals surface area contributed by atoms with E-state index in [-0.39, 0.29) is 11.8 Å². The van der Waals surface area contributed by atoms with Crippen molar-refractivity contribution < 1.29 is 9.53 Å². The maximum absolute atomic E-state index is 12.9. The number of ether oxygens (including phenoxy) is 1. The largest absolute Gasteiger partial charge is 0.494 e. The normalized spacial score (nSPS) is 16.8. The second kappa shape index (κ2) is 8.41. The van der Waals surface area contributed by atoms with Crippen molar-refractivity contribution in [2.45, 2.75) is 33.6 Å². The van der Waals surface area contributed by atoms with Gasteiger partial charge in [0.05, 0.1) is 22.7 Å². The number of aromatic nitrogens is 1. The van der Waals surface area contributed by atoms with Crippen LogP contribution in [-0.4, -0.2) is 30.6 Å². The molecule has 2 heterocycles. The van der Waals surface area contributed by atoms with Gasteiger partial charge in [-0.15, -0.1) is 0 Å². The van der Waals surface area contributed by atoms with Gasteiger partial charge in [-0.2, -0.15) is 0 Å². The first-order chi connectivity index (χ1) is 14.0. The molecule has 6 heteroatoms. The Hall–Kier alpha value is -2.60. The molecule has 4 rings (SSSR count). The molecule has 29 heavy (non-hydrogen) atoms. The third-order valence-electron chi connectivity index (χ3n) is 5.58. The lowest BCUT2D eigenvalue weighted by atomic mass is 9.97. The number of aryl methyl sites for hydroxylation is 1. The van der Waals surface area contributed by atoms with Crippen LogP contribution < -0.4 is 15.0 Å². The Kier molecular flexibility index (Phi) is 5.72. The standard InChI is InChI=1S/C23H27N3O2S/c1-4-28-18-10-11-20-21(13-18)29-23(25-20)26-12-6-8-17(14-26)22(27)24-19-9-5-7-15(2)16(19)3/h5,7,9-11,13,17H,4,6,8,12,14H2,1-3H3,(H,24,27)/t17-/m1/s1. The second-order valence-corrected chi connectivity index (χ2v) is 8.59. The Labute approximate surface area is 175 Å². The number of piperidine rings is 1. The van der Waals surface area contributed by atoms with Crippen molar-refractivity contribution in [1.82, 2.24) is 4.98 Å². The minimum Gasteiger partial charge on any atom is -0.494 e. The van der Waals surface area contributed by atoms with Crippen LogP contribution in [0.15, 0.2) is 36.4 Å². The van der Waals surface area contributed by atoms with E-state index in [9.17, 15) is 4.79 Å². The third-order valence-corrected chi connectivity index (χ3v) is 6.66. The highest BCUT2D eigenvalue weighted by Gasteiger charge is 2.28. The van der Waals surface area contributed by atoms with Crippen molar-refractivity contribution in [2.75, 3.05) is 29.9 Å². The molecule has 0 unspecified atom stereocenters. The summed E-state index contributed by atoms with van der Waals surface area (Å²) < 4.78 is 6.72. The summed E-state index contributed by atoms with van der Waals surface area (Å²) in [6, 6.07) is 12.1. The Balaban J connectivity index is 1.48. The summed E-state index contributed by atoms with van der Waals surface area (Å²) in [5.41, 5.74) is 4.21. The molecule has 3 aromatic rings. The van der Waals surface area contributed by atoms with E-state index in [1.165, 1.54) is 5.56 Å². The molecule has 0 spiro atoms. The zero-order valence-electron chi connectivity index (χ0n) is 17.2. The molecule has 1 fully saturated rings. The minimum atomic E-state index is -0.0327. The number of hydrogen-bond donors (Lipinski definition) is 1. The molecule has 0 aliphatic carbocycles. The van der Waals surface area contributed by atoms with Crippen molar-refractivity contribution in [3.63, 3.8) is 0 Å². The lowest BCUT2D eigenvalue weighted by Gasteiger charge is -2.31. The van der Waals surface area contributed by atoms with Gasteiger partial charge in [-0.05, 0) is 69.0 Å². The number of fused-ring (bicyclic) bond motifs is 1. The van der Waals surface area contributed by atoms with Crippen LogP contribution in [0.5, 0.6) is 5.75 Å². The average molecular weight is 410 g/mol. The van der Waals surface area contributed by atoms with Gasteiger partial charge in [0, 0.05) is 18.8 Å². The zero-order valence-corrected chi connectivity index (χ0v) is 18.0. The molecule has 1 N–H and O–H groups in total.